The smallest absolute Gasteiger partial charge is 0.226 e. The second-order valence-corrected chi connectivity index (χ2v) is 10.6. The van der Waals surface area contributed by atoms with Gasteiger partial charge in [-0.05, 0) is 75.0 Å². The monoisotopic (exact) mass is 559 g/mol. The Hall–Kier alpha value is -5.32. The number of para-hydroxylation sites is 2. The van der Waals surface area contributed by atoms with Crippen molar-refractivity contribution in [3.63, 3.8) is 0 Å². The molecule has 0 aliphatic carbocycles. The lowest BCUT2D eigenvalue weighted by Gasteiger charge is -2.09. The second kappa shape index (κ2) is 9.95. The van der Waals surface area contributed by atoms with E-state index in [4.69, 9.17) is 21.0 Å². The summed E-state index contributed by atoms with van der Waals surface area (Å²) in [5, 5.41) is 4.42. The molecule has 0 unspecified atom stereocenters. The van der Waals surface area contributed by atoms with Gasteiger partial charge in [0.25, 0.3) is 0 Å². The Kier molecular flexibility index (Phi) is 5.80. The highest BCUT2D eigenvalue weighted by Crippen LogP contribution is 2.36. The van der Waals surface area contributed by atoms with Gasteiger partial charge < -0.3 is 4.42 Å². The van der Waals surface area contributed by atoms with Crippen LogP contribution in [0.25, 0.3) is 77.7 Å². The maximum Gasteiger partial charge on any atom is 0.226 e. The number of fused-ring (bicyclic) bond motifs is 4. The van der Waals surface area contributed by atoms with E-state index >= 15 is 0 Å². The SMILES string of the molecule is Clc1nc(-c2ccc3cc(-c4cccc(-c5ccccc5)c4)ccc3c2)nc(-c2cccc3c2oc2ccccc23)n1. The summed E-state index contributed by atoms with van der Waals surface area (Å²) in [6, 6.07) is 45.8. The van der Waals surface area contributed by atoms with Crippen LogP contribution in [0, 0.1) is 0 Å². The Morgan fingerprint density at radius 2 is 1.07 bits per heavy atom. The zero-order valence-electron chi connectivity index (χ0n) is 22.3. The number of furan rings is 1. The maximum absolute atomic E-state index is 6.45. The minimum atomic E-state index is 0.136. The molecule has 0 aliphatic rings. The molecule has 8 rings (SSSR count). The third kappa shape index (κ3) is 4.30. The van der Waals surface area contributed by atoms with Crippen LogP contribution >= 0.6 is 11.6 Å². The molecule has 198 valence electrons. The van der Waals surface area contributed by atoms with Crippen molar-refractivity contribution in [1.29, 1.82) is 0 Å². The van der Waals surface area contributed by atoms with Gasteiger partial charge in [0.2, 0.25) is 5.28 Å². The summed E-state index contributed by atoms with van der Waals surface area (Å²) in [6.45, 7) is 0. The van der Waals surface area contributed by atoms with Crippen molar-refractivity contribution in [3.05, 3.63) is 139 Å². The van der Waals surface area contributed by atoms with Crippen molar-refractivity contribution in [2.75, 3.05) is 0 Å². The Morgan fingerprint density at radius 3 is 1.93 bits per heavy atom. The highest BCUT2D eigenvalue weighted by atomic mass is 35.5. The fraction of sp³-hybridized carbons (Fsp3) is 0. The largest absolute Gasteiger partial charge is 0.455 e. The van der Waals surface area contributed by atoms with E-state index in [1.54, 1.807) is 0 Å². The summed E-state index contributed by atoms with van der Waals surface area (Å²) in [4.78, 5) is 13.8. The van der Waals surface area contributed by atoms with E-state index in [-0.39, 0.29) is 5.28 Å². The average molecular weight is 560 g/mol. The predicted molar refractivity (Wildman–Crippen MR) is 171 cm³/mol. The quantitative estimate of drug-likeness (QED) is 0.215. The van der Waals surface area contributed by atoms with Crippen molar-refractivity contribution < 1.29 is 4.42 Å². The first-order valence-electron chi connectivity index (χ1n) is 13.7. The third-order valence-electron chi connectivity index (χ3n) is 7.65. The lowest BCUT2D eigenvalue weighted by atomic mass is 9.97. The van der Waals surface area contributed by atoms with Gasteiger partial charge in [-0.3, -0.25) is 0 Å². The van der Waals surface area contributed by atoms with E-state index in [2.05, 4.69) is 94.9 Å². The van der Waals surface area contributed by atoms with Crippen molar-refractivity contribution in [1.82, 2.24) is 15.0 Å². The van der Waals surface area contributed by atoms with Crippen molar-refractivity contribution in [2.45, 2.75) is 0 Å². The van der Waals surface area contributed by atoms with Crippen LogP contribution in [0.15, 0.2) is 138 Å². The number of hydrogen-bond acceptors (Lipinski definition) is 4. The van der Waals surface area contributed by atoms with Gasteiger partial charge in [0.15, 0.2) is 11.6 Å². The summed E-state index contributed by atoms with van der Waals surface area (Å²) in [7, 11) is 0. The lowest BCUT2D eigenvalue weighted by molar-refractivity contribution is 0.669. The van der Waals surface area contributed by atoms with Crippen LogP contribution in [0.1, 0.15) is 0 Å². The molecule has 0 saturated carbocycles. The molecule has 2 aromatic heterocycles. The van der Waals surface area contributed by atoms with Gasteiger partial charge in [-0.1, -0.05) is 103 Å². The van der Waals surface area contributed by atoms with E-state index in [0.717, 1.165) is 49.4 Å². The van der Waals surface area contributed by atoms with E-state index in [0.29, 0.717) is 11.6 Å². The standard InChI is InChI=1S/C37H22ClN3O/c38-37-40-35(39-36(41-37)32-14-7-13-31-30-12-4-5-15-33(30)42-34(31)32)29-19-18-27-21-26(16-17-28(27)22-29)25-11-6-10-24(20-25)23-8-2-1-3-9-23/h1-22H. The van der Waals surface area contributed by atoms with Crippen LogP contribution < -0.4 is 0 Å². The Balaban J connectivity index is 1.17. The molecule has 0 amide bonds. The summed E-state index contributed by atoms with van der Waals surface area (Å²) >= 11 is 6.45. The topological polar surface area (TPSA) is 51.8 Å². The Labute approximate surface area is 246 Å². The van der Waals surface area contributed by atoms with Crippen LogP contribution in [-0.2, 0) is 0 Å². The molecule has 0 radical (unpaired) electrons. The van der Waals surface area contributed by atoms with Crippen LogP contribution in [0.4, 0.5) is 0 Å². The van der Waals surface area contributed by atoms with Gasteiger partial charge in [-0.15, -0.1) is 0 Å². The molecule has 6 aromatic carbocycles. The Bertz CT molecular complexity index is 2270. The lowest BCUT2D eigenvalue weighted by Crippen LogP contribution is -1.97. The van der Waals surface area contributed by atoms with Crippen LogP contribution in [0.3, 0.4) is 0 Å². The molecule has 5 heteroatoms. The van der Waals surface area contributed by atoms with Gasteiger partial charge in [-0.2, -0.15) is 9.97 Å². The van der Waals surface area contributed by atoms with E-state index in [1.165, 1.54) is 16.7 Å². The highest BCUT2D eigenvalue weighted by Gasteiger charge is 2.16. The van der Waals surface area contributed by atoms with Gasteiger partial charge in [-0.25, -0.2) is 4.98 Å². The van der Waals surface area contributed by atoms with Gasteiger partial charge in [0.1, 0.15) is 11.2 Å². The first kappa shape index (κ1) is 24.5. The third-order valence-corrected chi connectivity index (χ3v) is 7.82. The van der Waals surface area contributed by atoms with Gasteiger partial charge in [0, 0.05) is 16.3 Å². The summed E-state index contributed by atoms with van der Waals surface area (Å²) in [5.41, 5.74) is 7.94. The van der Waals surface area contributed by atoms with E-state index in [9.17, 15) is 0 Å². The summed E-state index contributed by atoms with van der Waals surface area (Å²) in [6.07, 6.45) is 0. The van der Waals surface area contributed by atoms with Crippen LogP contribution in [0.2, 0.25) is 5.28 Å². The van der Waals surface area contributed by atoms with Crippen molar-refractivity contribution in [2.24, 2.45) is 0 Å². The highest BCUT2D eigenvalue weighted by molar-refractivity contribution is 6.28. The number of benzene rings is 6. The van der Waals surface area contributed by atoms with E-state index in [1.807, 2.05) is 48.5 Å². The van der Waals surface area contributed by atoms with Gasteiger partial charge >= 0.3 is 0 Å². The molecule has 2 heterocycles. The number of hydrogen-bond donors (Lipinski definition) is 0. The molecule has 0 N–H and O–H groups in total. The predicted octanol–water partition coefficient (Wildman–Crippen LogP) is 10.2. The molecule has 42 heavy (non-hydrogen) atoms. The summed E-state index contributed by atoms with van der Waals surface area (Å²) in [5.74, 6) is 0.989. The average Bonchev–Trinajstić information content (AvgIpc) is 3.43. The second-order valence-electron chi connectivity index (χ2n) is 10.3. The molecular formula is C37H22ClN3O. The fourth-order valence-electron chi connectivity index (χ4n) is 5.60. The molecule has 0 spiro atoms. The number of rotatable bonds is 4. The first-order chi connectivity index (χ1) is 20.7. The molecule has 0 saturated heterocycles. The molecule has 0 bridgehead atoms. The maximum atomic E-state index is 6.45. The molecule has 4 nitrogen and oxygen atoms in total. The normalized spacial score (nSPS) is 11.5. The number of halogens is 1. The molecule has 0 aliphatic heterocycles. The molecule has 0 atom stereocenters. The minimum Gasteiger partial charge on any atom is -0.455 e. The van der Waals surface area contributed by atoms with Crippen molar-refractivity contribution in [3.8, 4) is 45.0 Å². The number of nitrogens with zero attached hydrogens (tertiary/aromatic N) is 3. The zero-order chi connectivity index (χ0) is 28.0. The van der Waals surface area contributed by atoms with Crippen LogP contribution in [0.5, 0.6) is 0 Å². The minimum absolute atomic E-state index is 0.136. The molecular weight excluding hydrogens is 538 g/mol. The van der Waals surface area contributed by atoms with Crippen molar-refractivity contribution >= 4 is 44.3 Å². The zero-order valence-corrected chi connectivity index (χ0v) is 23.1. The summed E-state index contributed by atoms with van der Waals surface area (Å²) < 4.78 is 6.22. The fourth-order valence-corrected chi connectivity index (χ4v) is 5.76. The molecule has 0 fully saturated rings. The Morgan fingerprint density at radius 1 is 0.452 bits per heavy atom. The van der Waals surface area contributed by atoms with Gasteiger partial charge in [0.05, 0.1) is 5.56 Å². The van der Waals surface area contributed by atoms with Crippen LogP contribution in [-0.4, -0.2) is 15.0 Å². The molecule has 8 aromatic rings. The number of aromatic nitrogens is 3. The first-order valence-corrected chi connectivity index (χ1v) is 14.1. The van der Waals surface area contributed by atoms with E-state index < -0.39 is 0 Å².